The summed E-state index contributed by atoms with van der Waals surface area (Å²) in [5, 5.41) is 13.5. The second kappa shape index (κ2) is 8.47. The number of hydrogen-bond donors (Lipinski definition) is 1. The van der Waals surface area contributed by atoms with Gasteiger partial charge in [-0.3, -0.25) is 19.3 Å². The van der Waals surface area contributed by atoms with Crippen molar-refractivity contribution in [3.8, 4) is 0 Å². The highest BCUT2D eigenvalue weighted by molar-refractivity contribution is 6.21. The molecule has 0 unspecified atom stereocenters. The molecule has 0 bridgehead atoms. The molecular formula is C21H19N2O5-. The van der Waals surface area contributed by atoms with Crippen LogP contribution in [0.25, 0.3) is 0 Å². The summed E-state index contributed by atoms with van der Waals surface area (Å²) in [6.45, 7) is 0.321. The van der Waals surface area contributed by atoms with E-state index in [1.165, 1.54) is 23.1 Å². The first-order valence-corrected chi connectivity index (χ1v) is 9.04. The van der Waals surface area contributed by atoms with Gasteiger partial charge in [0.05, 0.1) is 17.1 Å². The Morgan fingerprint density at radius 2 is 1.57 bits per heavy atom. The van der Waals surface area contributed by atoms with E-state index in [9.17, 15) is 24.3 Å². The van der Waals surface area contributed by atoms with Crippen LogP contribution in [0.1, 0.15) is 56.8 Å². The maximum atomic E-state index is 12.3. The van der Waals surface area contributed by atoms with Crippen LogP contribution in [0.2, 0.25) is 0 Å². The van der Waals surface area contributed by atoms with Gasteiger partial charge >= 0.3 is 0 Å². The first kappa shape index (κ1) is 19.3. The zero-order valence-corrected chi connectivity index (χ0v) is 15.1. The molecule has 2 aromatic carbocycles. The summed E-state index contributed by atoms with van der Waals surface area (Å²) in [4.78, 5) is 48.6. The van der Waals surface area contributed by atoms with Crippen molar-refractivity contribution in [2.24, 2.45) is 0 Å². The van der Waals surface area contributed by atoms with Crippen molar-refractivity contribution in [3.63, 3.8) is 0 Å². The topological polar surface area (TPSA) is 107 Å². The summed E-state index contributed by atoms with van der Waals surface area (Å²) < 4.78 is 0. The molecule has 0 aromatic heterocycles. The Balaban J connectivity index is 1.40. The number of fused-ring (bicyclic) bond motifs is 1. The third-order valence-electron chi connectivity index (χ3n) is 4.55. The number of imide groups is 1. The number of benzene rings is 2. The number of hydrogen-bond acceptors (Lipinski definition) is 5. The average molecular weight is 379 g/mol. The summed E-state index contributed by atoms with van der Waals surface area (Å²) in [5.74, 6) is -2.07. The number of amides is 3. The Hall–Kier alpha value is -3.48. The molecule has 0 saturated carbocycles. The molecule has 1 aliphatic rings. The van der Waals surface area contributed by atoms with Gasteiger partial charge in [0.25, 0.3) is 11.8 Å². The van der Waals surface area contributed by atoms with E-state index in [-0.39, 0.29) is 29.7 Å². The van der Waals surface area contributed by atoms with Crippen molar-refractivity contribution in [2.75, 3.05) is 11.9 Å². The van der Waals surface area contributed by atoms with Gasteiger partial charge in [-0.1, -0.05) is 30.7 Å². The van der Waals surface area contributed by atoms with Crippen molar-refractivity contribution in [1.82, 2.24) is 4.90 Å². The second-order valence-corrected chi connectivity index (χ2v) is 6.53. The van der Waals surface area contributed by atoms with Gasteiger partial charge in [-0.2, -0.15) is 0 Å². The molecular weight excluding hydrogens is 360 g/mol. The lowest BCUT2D eigenvalue weighted by atomic mass is 10.1. The van der Waals surface area contributed by atoms with Crippen molar-refractivity contribution < 1.29 is 24.3 Å². The Bertz CT molecular complexity index is 903. The van der Waals surface area contributed by atoms with E-state index in [1.54, 1.807) is 30.3 Å². The van der Waals surface area contributed by atoms with Crippen LogP contribution in [0.15, 0.2) is 48.5 Å². The molecule has 1 aliphatic heterocycles. The van der Waals surface area contributed by atoms with E-state index in [2.05, 4.69) is 5.32 Å². The van der Waals surface area contributed by atoms with Crippen LogP contribution in [0.3, 0.4) is 0 Å². The molecule has 0 spiro atoms. The standard InChI is InChI=1S/C21H20N2O5/c24-18(22-15-8-6-7-14(13-15)21(27)28)11-2-1-5-12-23-19(25)16-9-3-4-10-17(16)20(23)26/h3-4,6-10,13H,1-2,5,11-12H2,(H,22,24)(H,27,28)/p-1. The Kier molecular flexibility index (Phi) is 5.84. The fraction of sp³-hybridized carbons (Fsp3) is 0.238. The predicted molar refractivity (Wildman–Crippen MR) is 99.7 cm³/mol. The lowest BCUT2D eigenvalue weighted by Gasteiger charge is -2.13. The van der Waals surface area contributed by atoms with E-state index in [0.717, 1.165) is 0 Å². The minimum absolute atomic E-state index is 0.00116. The van der Waals surface area contributed by atoms with Gasteiger partial charge < -0.3 is 15.2 Å². The van der Waals surface area contributed by atoms with Gasteiger partial charge in [0.15, 0.2) is 0 Å². The van der Waals surface area contributed by atoms with Gasteiger partial charge in [0.1, 0.15) is 0 Å². The van der Waals surface area contributed by atoms with Crippen LogP contribution >= 0.6 is 0 Å². The zero-order valence-electron chi connectivity index (χ0n) is 15.1. The van der Waals surface area contributed by atoms with Crippen molar-refractivity contribution in [1.29, 1.82) is 0 Å². The minimum Gasteiger partial charge on any atom is -0.545 e. The highest BCUT2D eigenvalue weighted by Crippen LogP contribution is 2.22. The van der Waals surface area contributed by atoms with E-state index in [4.69, 9.17) is 0 Å². The number of nitrogens with one attached hydrogen (secondary N) is 1. The quantitative estimate of drug-likeness (QED) is 0.556. The second-order valence-electron chi connectivity index (χ2n) is 6.53. The van der Waals surface area contributed by atoms with Crippen LogP contribution < -0.4 is 10.4 Å². The smallest absolute Gasteiger partial charge is 0.261 e. The van der Waals surface area contributed by atoms with Crippen LogP contribution in [-0.4, -0.2) is 35.1 Å². The molecule has 3 amide bonds. The summed E-state index contributed by atoms with van der Waals surface area (Å²) in [6, 6.07) is 12.6. The number of carbonyl (C=O) groups excluding carboxylic acids is 4. The molecule has 28 heavy (non-hydrogen) atoms. The first-order chi connectivity index (χ1) is 13.5. The molecule has 144 valence electrons. The number of aromatic carboxylic acids is 1. The third-order valence-corrected chi connectivity index (χ3v) is 4.55. The largest absolute Gasteiger partial charge is 0.545 e. The summed E-state index contributed by atoms with van der Waals surface area (Å²) in [6.07, 6.45) is 2.14. The molecule has 7 nitrogen and oxygen atoms in total. The van der Waals surface area contributed by atoms with E-state index >= 15 is 0 Å². The minimum atomic E-state index is -1.30. The molecule has 1 N–H and O–H groups in total. The average Bonchev–Trinajstić information content (AvgIpc) is 2.93. The zero-order chi connectivity index (χ0) is 20.1. The maximum Gasteiger partial charge on any atom is 0.261 e. The summed E-state index contributed by atoms with van der Waals surface area (Å²) in [7, 11) is 0. The fourth-order valence-electron chi connectivity index (χ4n) is 3.12. The lowest BCUT2D eigenvalue weighted by molar-refractivity contribution is -0.255. The van der Waals surface area contributed by atoms with Crippen LogP contribution in [0.5, 0.6) is 0 Å². The predicted octanol–water partition coefficient (Wildman–Crippen LogP) is 1.85. The van der Waals surface area contributed by atoms with Crippen LogP contribution in [-0.2, 0) is 4.79 Å². The highest BCUT2D eigenvalue weighted by Gasteiger charge is 2.34. The number of carboxylic acid groups (broad SMARTS) is 1. The molecule has 0 saturated heterocycles. The number of unbranched alkanes of at least 4 members (excludes halogenated alkanes) is 2. The number of anilines is 1. The SMILES string of the molecule is O=C(CCCCCN1C(=O)c2ccccc2C1=O)Nc1cccc(C(=O)[O-])c1. The molecule has 7 heteroatoms. The summed E-state index contributed by atoms with van der Waals surface area (Å²) in [5.41, 5.74) is 1.27. The highest BCUT2D eigenvalue weighted by atomic mass is 16.4. The third kappa shape index (κ3) is 4.25. The first-order valence-electron chi connectivity index (χ1n) is 9.04. The van der Waals surface area contributed by atoms with Crippen molar-refractivity contribution in [2.45, 2.75) is 25.7 Å². The van der Waals surface area contributed by atoms with Gasteiger partial charge in [0.2, 0.25) is 5.91 Å². The molecule has 0 fully saturated rings. The monoisotopic (exact) mass is 379 g/mol. The van der Waals surface area contributed by atoms with Crippen LogP contribution in [0, 0.1) is 0 Å². The number of carboxylic acids is 1. The van der Waals surface area contributed by atoms with Gasteiger partial charge in [-0.25, -0.2) is 0 Å². The molecule has 0 aliphatic carbocycles. The molecule has 2 aromatic rings. The van der Waals surface area contributed by atoms with Gasteiger partial charge in [0, 0.05) is 18.7 Å². The Morgan fingerprint density at radius 3 is 2.21 bits per heavy atom. The maximum absolute atomic E-state index is 12.3. The fourth-order valence-corrected chi connectivity index (χ4v) is 3.12. The van der Waals surface area contributed by atoms with Crippen LogP contribution in [0.4, 0.5) is 5.69 Å². The molecule has 1 heterocycles. The number of rotatable bonds is 8. The van der Waals surface area contributed by atoms with E-state index in [1.807, 2.05) is 0 Å². The number of nitrogens with zero attached hydrogens (tertiary/aromatic N) is 1. The van der Waals surface area contributed by atoms with Crippen molar-refractivity contribution >= 4 is 29.4 Å². The van der Waals surface area contributed by atoms with Gasteiger partial charge in [-0.15, -0.1) is 0 Å². The van der Waals surface area contributed by atoms with E-state index < -0.39 is 5.97 Å². The number of carbonyl (C=O) groups is 4. The van der Waals surface area contributed by atoms with E-state index in [0.29, 0.717) is 42.6 Å². The molecule has 0 radical (unpaired) electrons. The molecule has 3 rings (SSSR count). The Morgan fingerprint density at radius 1 is 0.893 bits per heavy atom. The molecule has 0 atom stereocenters. The van der Waals surface area contributed by atoms with Crippen molar-refractivity contribution in [3.05, 3.63) is 65.2 Å². The lowest BCUT2D eigenvalue weighted by Crippen LogP contribution is -2.30. The summed E-state index contributed by atoms with van der Waals surface area (Å²) >= 11 is 0. The Labute approximate surface area is 162 Å². The normalized spacial score (nSPS) is 12.8. The van der Waals surface area contributed by atoms with Gasteiger partial charge in [-0.05, 0) is 42.7 Å².